The number of anilines is 1. The van der Waals surface area contributed by atoms with E-state index in [1.54, 1.807) is 42.7 Å². The van der Waals surface area contributed by atoms with Crippen LogP contribution in [-0.4, -0.2) is 34.0 Å². The maximum absolute atomic E-state index is 14.3. The Balaban J connectivity index is 1.68. The Morgan fingerprint density at radius 1 is 0.900 bits per heavy atom. The van der Waals surface area contributed by atoms with Gasteiger partial charge in [-0.25, -0.2) is 27.5 Å². The molecule has 4 nitrogen and oxygen atoms in total. The lowest BCUT2D eigenvalue weighted by Gasteiger charge is -2.40. The minimum absolute atomic E-state index is 0.203. The molecular formula is C22H14F4N4. The van der Waals surface area contributed by atoms with Crippen molar-refractivity contribution in [1.29, 1.82) is 0 Å². The number of hydrogen-bond acceptors (Lipinski definition) is 4. The second-order valence-electron chi connectivity index (χ2n) is 7.18. The summed E-state index contributed by atoms with van der Waals surface area (Å²) in [5, 5.41) is 0.513. The number of alkyl halides is 2. The van der Waals surface area contributed by atoms with E-state index in [1.165, 1.54) is 17.0 Å². The van der Waals surface area contributed by atoms with E-state index >= 15 is 0 Å². The molecule has 0 unspecified atom stereocenters. The summed E-state index contributed by atoms with van der Waals surface area (Å²) in [6.45, 7) is -0.915. The van der Waals surface area contributed by atoms with E-state index < -0.39 is 30.6 Å². The van der Waals surface area contributed by atoms with Gasteiger partial charge in [-0.15, -0.1) is 0 Å². The van der Waals surface area contributed by atoms with Gasteiger partial charge < -0.3 is 4.90 Å². The van der Waals surface area contributed by atoms with Gasteiger partial charge in [-0.2, -0.15) is 0 Å². The van der Waals surface area contributed by atoms with Crippen LogP contribution in [0.2, 0.25) is 0 Å². The Morgan fingerprint density at radius 2 is 1.73 bits per heavy atom. The molecule has 1 saturated heterocycles. The topological polar surface area (TPSA) is 41.9 Å². The number of benzene rings is 2. The molecule has 1 aliphatic rings. The molecule has 0 radical (unpaired) electrons. The maximum Gasteiger partial charge on any atom is 0.282 e. The fourth-order valence-electron chi connectivity index (χ4n) is 3.53. The molecule has 0 aliphatic carbocycles. The van der Waals surface area contributed by atoms with Gasteiger partial charge in [0.15, 0.2) is 5.82 Å². The Kier molecular flexibility index (Phi) is 4.16. The first-order valence-electron chi connectivity index (χ1n) is 9.20. The van der Waals surface area contributed by atoms with Gasteiger partial charge in [0.25, 0.3) is 5.92 Å². The molecule has 2 aromatic carbocycles. The van der Waals surface area contributed by atoms with Crippen molar-refractivity contribution in [2.75, 3.05) is 18.0 Å². The molecule has 0 N–H and O–H groups in total. The molecule has 4 aromatic rings. The summed E-state index contributed by atoms with van der Waals surface area (Å²) in [5.41, 5.74) is 1.86. The summed E-state index contributed by atoms with van der Waals surface area (Å²) in [6.07, 6.45) is 3.21. The van der Waals surface area contributed by atoms with Crippen LogP contribution in [0, 0.1) is 11.6 Å². The van der Waals surface area contributed by atoms with E-state index in [9.17, 15) is 17.6 Å². The molecule has 30 heavy (non-hydrogen) atoms. The van der Waals surface area contributed by atoms with Gasteiger partial charge in [-0.1, -0.05) is 6.07 Å². The Hall–Kier alpha value is -3.55. The molecule has 5 rings (SSSR count). The van der Waals surface area contributed by atoms with Gasteiger partial charge in [0.05, 0.1) is 18.6 Å². The molecule has 2 aromatic heterocycles. The summed E-state index contributed by atoms with van der Waals surface area (Å²) >= 11 is 0. The molecular weight excluding hydrogens is 396 g/mol. The lowest BCUT2D eigenvalue weighted by Crippen LogP contribution is -2.56. The Morgan fingerprint density at radius 3 is 2.43 bits per heavy atom. The molecule has 0 amide bonds. The largest absolute Gasteiger partial charge is 0.344 e. The van der Waals surface area contributed by atoms with Crippen LogP contribution < -0.4 is 4.90 Å². The van der Waals surface area contributed by atoms with Gasteiger partial charge in [-0.05, 0) is 42.0 Å². The highest BCUT2D eigenvalue weighted by atomic mass is 19.3. The summed E-state index contributed by atoms with van der Waals surface area (Å²) < 4.78 is 54.7. The van der Waals surface area contributed by atoms with Gasteiger partial charge in [-0.3, -0.25) is 4.98 Å². The fraction of sp³-hybridized carbons (Fsp3) is 0.136. The number of nitrogens with zero attached hydrogens (tertiary/aromatic N) is 4. The Labute approximate surface area is 168 Å². The van der Waals surface area contributed by atoms with Crippen LogP contribution in [0.1, 0.15) is 0 Å². The number of pyridine rings is 1. The smallest absolute Gasteiger partial charge is 0.282 e. The van der Waals surface area contributed by atoms with Crippen LogP contribution in [-0.2, 0) is 0 Å². The zero-order valence-electron chi connectivity index (χ0n) is 15.5. The van der Waals surface area contributed by atoms with Crippen molar-refractivity contribution in [3.8, 4) is 22.5 Å². The van der Waals surface area contributed by atoms with E-state index in [2.05, 4.69) is 15.0 Å². The van der Waals surface area contributed by atoms with Crippen molar-refractivity contribution in [3.05, 3.63) is 72.6 Å². The number of rotatable bonds is 3. The van der Waals surface area contributed by atoms with E-state index in [-0.39, 0.29) is 5.56 Å². The number of fused-ring (bicyclic) bond motifs is 1. The third-order valence-corrected chi connectivity index (χ3v) is 4.98. The monoisotopic (exact) mass is 410 g/mol. The zero-order chi connectivity index (χ0) is 20.9. The number of aromatic nitrogens is 3. The summed E-state index contributed by atoms with van der Waals surface area (Å²) in [5.74, 6) is -3.47. The molecule has 150 valence electrons. The van der Waals surface area contributed by atoms with Crippen molar-refractivity contribution in [2.45, 2.75) is 5.92 Å². The van der Waals surface area contributed by atoms with E-state index in [0.717, 1.165) is 6.07 Å². The van der Waals surface area contributed by atoms with Gasteiger partial charge in [0, 0.05) is 35.0 Å². The zero-order valence-corrected chi connectivity index (χ0v) is 15.5. The second-order valence-corrected chi connectivity index (χ2v) is 7.18. The van der Waals surface area contributed by atoms with Gasteiger partial charge in [0.2, 0.25) is 0 Å². The average molecular weight is 410 g/mol. The number of halogens is 4. The highest BCUT2D eigenvalue weighted by Gasteiger charge is 2.45. The second kappa shape index (κ2) is 6.76. The highest BCUT2D eigenvalue weighted by Crippen LogP contribution is 2.37. The lowest BCUT2D eigenvalue weighted by molar-refractivity contribution is -0.0265. The maximum atomic E-state index is 14.3. The molecule has 0 bridgehead atoms. The van der Waals surface area contributed by atoms with Gasteiger partial charge in [0.1, 0.15) is 17.5 Å². The van der Waals surface area contributed by atoms with Crippen molar-refractivity contribution in [3.63, 3.8) is 0 Å². The standard InChI is InChI=1S/C22H14F4N4/c23-15-4-5-16(18(24)9-15)13-3-6-19-17(8-13)21(30-11-22(25,26)12-30)29-20(28-19)14-2-1-7-27-10-14/h1-10H,11-12H2. The molecule has 0 atom stereocenters. The molecule has 1 aliphatic heterocycles. The third-order valence-electron chi connectivity index (χ3n) is 4.98. The third kappa shape index (κ3) is 3.24. The van der Waals surface area contributed by atoms with E-state index in [0.29, 0.717) is 33.7 Å². The van der Waals surface area contributed by atoms with Crippen molar-refractivity contribution >= 4 is 16.7 Å². The minimum Gasteiger partial charge on any atom is -0.344 e. The first-order chi connectivity index (χ1) is 14.4. The van der Waals surface area contributed by atoms with Gasteiger partial charge >= 0.3 is 0 Å². The molecule has 0 spiro atoms. The van der Waals surface area contributed by atoms with Crippen LogP contribution in [0.3, 0.4) is 0 Å². The Bertz CT molecular complexity index is 1250. The number of hydrogen-bond donors (Lipinski definition) is 0. The summed E-state index contributed by atoms with van der Waals surface area (Å²) in [6, 6.07) is 11.8. The molecule has 3 heterocycles. The van der Waals surface area contributed by atoms with Crippen LogP contribution in [0.5, 0.6) is 0 Å². The van der Waals surface area contributed by atoms with Crippen LogP contribution in [0.15, 0.2) is 60.9 Å². The van der Waals surface area contributed by atoms with Crippen molar-refractivity contribution in [1.82, 2.24) is 15.0 Å². The van der Waals surface area contributed by atoms with Crippen LogP contribution in [0.25, 0.3) is 33.4 Å². The SMILES string of the molecule is Fc1ccc(-c2ccc3nc(-c4cccnc4)nc(N4CC(F)(F)C4)c3c2)c(F)c1. The van der Waals surface area contributed by atoms with Crippen molar-refractivity contribution < 1.29 is 17.6 Å². The highest BCUT2D eigenvalue weighted by molar-refractivity contribution is 5.94. The molecule has 0 saturated carbocycles. The predicted molar refractivity (Wildman–Crippen MR) is 105 cm³/mol. The average Bonchev–Trinajstić information content (AvgIpc) is 2.71. The van der Waals surface area contributed by atoms with Crippen molar-refractivity contribution in [2.24, 2.45) is 0 Å². The minimum atomic E-state index is -2.79. The lowest BCUT2D eigenvalue weighted by atomic mass is 10.0. The molecule has 8 heteroatoms. The van der Waals surface area contributed by atoms with E-state index in [4.69, 9.17) is 0 Å². The first kappa shape index (κ1) is 18.5. The summed E-state index contributed by atoms with van der Waals surface area (Å²) in [7, 11) is 0. The van der Waals surface area contributed by atoms with Crippen LogP contribution in [0.4, 0.5) is 23.4 Å². The normalized spacial score (nSPS) is 15.3. The van der Waals surface area contributed by atoms with Crippen LogP contribution >= 0.6 is 0 Å². The molecule has 1 fully saturated rings. The fourth-order valence-corrected chi connectivity index (χ4v) is 3.53. The quantitative estimate of drug-likeness (QED) is 0.441. The first-order valence-corrected chi connectivity index (χ1v) is 9.20. The van der Waals surface area contributed by atoms with E-state index in [1.807, 2.05) is 0 Å². The predicted octanol–water partition coefficient (Wildman–Crippen LogP) is 5.09. The summed E-state index contributed by atoms with van der Waals surface area (Å²) in [4.78, 5) is 14.6.